The van der Waals surface area contributed by atoms with Crippen molar-refractivity contribution in [3.8, 4) is 0 Å². The number of hydrogen-bond donors (Lipinski definition) is 1. The van der Waals surface area contributed by atoms with E-state index < -0.39 is 0 Å². The van der Waals surface area contributed by atoms with Gasteiger partial charge < -0.3 is 5.11 Å². The van der Waals surface area contributed by atoms with E-state index in [4.69, 9.17) is 0 Å². The van der Waals surface area contributed by atoms with Gasteiger partial charge in [0.25, 0.3) is 0 Å². The van der Waals surface area contributed by atoms with Gasteiger partial charge in [0.05, 0.1) is 6.10 Å². The van der Waals surface area contributed by atoms with Crippen LogP contribution in [0.3, 0.4) is 0 Å². The summed E-state index contributed by atoms with van der Waals surface area (Å²) in [4.78, 5) is 1.27. The number of rotatable bonds is 2. The molecule has 1 saturated carbocycles. The molecule has 0 bridgehead atoms. The topological polar surface area (TPSA) is 20.2 Å². The van der Waals surface area contributed by atoms with Crippen molar-refractivity contribution in [2.75, 3.05) is 0 Å². The van der Waals surface area contributed by atoms with Gasteiger partial charge in [-0.15, -0.1) is 11.8 Å². The van der Waals surface area contributed by atoms with E-state index in [0.717, 1.165) is 19.3 Å². The molecule has 1 fully saturated rings. The second-order valence-corrected chi connectivity index (χ2v) is 5.98. The summed E-state index contributed by atoms with van der Waals surface area (Å²) < 4.78 is 0. The van der Waals surface area contributed by atoms with Crippen molar-refractivity contribution in [2.24, 2.45) is 0 Å². The summed E-state index contributed by atoms with van der Waals surface area (Å²) in [6.07, 6.45) is 3.14. The van der Waals surface area contributed by atoms with Crippen LogP contribution in [0.15, 0.2) is 47.4 Å². The highest BCUT2D eigenvalue weighted by Gasteiger charge is 2.25. The standard InChI is InChI=1S/C15H16OS/c16-14-6-3-7-15(14)17-13-9-8-11-4-1-2-5-12(11)10-13/h1-2,4-5,8-10,14-16H,3,6-7H2/t14-,15-/m0/s1. The van der Waals surface area contributed by atoms with E-state index in [0.29, 0.717) is 5.25 Å². The Morgan fingerprint density at radius 2 is 1.82 bits per heavy atom. The van der Waals surface area contributed by atoms with E-state index in [-0.39, 0.29) is 6.10 Å². The van der Waals surface area contributed by atoms with Crippen molar-refractivity contribution in [3.05, 3.63) is 42.5 Å². The van der Waals surface area contributed by atoms with Gasteiger partial charge in [0.15, 0.2) is 0 Å². The molecule has 0 radical (unpaired) electrons. The number of thioether (sulfide) groups is 1. The highest BCUT2D eigenvalue weighted by Crippen LogP contribution is 2.35. The molecule has 2 heteroatoms. The van der Waals surface area contributed by atoms with Crippen LogP contribution in [-0.4, -0.2) is 16.5 Å². The molecule has 0 spiro atoms. The molecule has 17 heavy (non-hydrogen) atoms. The Labute approximate surface area is 106 Å². The number of aliphatic hydroxyl groups excluding tert-OH is 1. The Hall–Kier alpha value is -0.990. The maximum absolute atomic E-state index is 9.84. The van der Waals surface area contributed by atoms with Crippen molar-refractivity contribution >= 4 is 22.5 Å². The van der Waals surface area contributed by atoms with E-state index in [1.165, 1.54) is 15.7 Å². The molecule has 0 aliphatic heterocycles. The fraction of sp³-hybridized carbons (Fsp3) is 0.333. The van der Waals surface area contributed by atoms with E-state index >= 15 is 0 Å². The molecule has 3 rings (SSSR count). The largest absolute Gasteiger partial charge is 0.392 e. The van der Waals surface area contributed by atoms with Gasteiger partial charge in [0.2, 0.25) is 0 Å². The second kappa shape index (κ2) is 4.71. The predicted molar refractivity (Wildman–Crippen MR) is 73.5 cm³/mol. The van der Waals surface area contributed by atoms with Gasteiger partial charge in [-0.3, -0.25) is 0 Å². The molecule has 0 amide bonds. The van der Waals surface area contributed by atoms with Crippen LogP contribution in [0, 0.1) is 0 Å². The van der Waals surface area contributed by atoms with Gasteiger partial charge >= 0.3 is 0 Å². The molecule has 1 aliphatic carbocycles. The molecular formula is C15H16OS. The smallest absolute Gasteiger partial charge is 0.0662 e. The minimum Gasteiger partial charge on any atom is -0.392 e. The minimum absolute atomic E-state index is 0.119. The van der Waals surface area contributed by atoms with Crippen LogP contribution in [-0.2, 0) is 0 Å². The Morgan fingerprint density at radius 3 is 2.59 bits per heavy atom. The molecule has 88 valence electrons. The highest BCUT2D eigenvalue weighted by atomic mass is 32.2. The molecule has 1 nitrogen and oxygen atoms in total. The van der Waals surface area contributed by atoms with Gasteiger partial charge in [0.1, 0.15) is 0 Å². The van der Waals surface area contributed by atoms with Crippen LogP contribution in [0.2, 0.25) is 0 Å². The Bertz CT molecular complexity index is 523. The normalized spacial score (nSPS) is 24.3. The highest BCUT2D eigenvalue weighted by molar-refractivity contribution is 8.00. The zero-order chi connectivity index (χ0) is 11.7. The third-order valence-corrected chi connectivity index (χ3v) is 4.80. The van der Waals surface area contributed by atoms with E-state index in [9.17, 15) is 5.11 Å². The van der Waals surface area contributed by atoms with Crippen molar-refractivity contribution in [2.45, 2.75) is 35.5 Å². The predicted octanol–water partition coefficient (Wildman–Crippen LogP) is 3.85. The molecule has 0 aromatic heterocycles. The van der Waals surface area contributed by atoms with Gasteiger partial charge in [0, 0.05) is 10.1 Å². The van der Waals surface area contributed by atoms with Crippen LogP contribution >= 0.6 is 11.8 Å². The third-order valence-electron chi connectivity index (χ3n) is 3.43. The van der Waals surface area contributed by atoms with Gasteiger partial charge in [-0.1, -0.05) is 30.3 Å². The fourth-order valence-electron chi connectivity index (χ4n) is 2.46. The van der Waals surface area contributed by atoms with Crippen molar-refractivity contribution in [3.63, 3.8) is 0 Å². The first-order valence-corrected chi connectivity index (χ1v) is 7.04. The zero-order valence-electron chi connectivity index (χ0n) is 9.67. The van der Waals surface area contributed by atoms with Crippen LogP contribution in [0.1, 0.15) is 19.3 Å². The summed E-state index contributed by atoms with van der Waals surface area (Å²) in [6, 6.07) is 15.0. The summed E-state index contributed by atoms with van der Waals surface area (Å²) in [5.74, 6) is 0. The summed E-state index contributed by atoms with van der Waals surface area (Å²) in [5, 5.41) is 12.8. The van der Waals surface area contributed by atoms with Crippen LogP contribution in [0.4, 0.5) is 0 Å². The number of hydrogen-bond acceptors (Lipinski definition) is 2. The number of fused-ring (bicyclic) bond motifs is 1. The zero-order valence-corrected chi connectivity index (χ0v) is 10.5. The molecule has 0 unspecified atom stereocenters. The summed E-state index contributed by atoms with van der Waals surface area (Å²) >= 11 is 1.82. The SMILES string of the molecule is O[C@H]1CCC[C@@H]1Sc1ccc2ccccc2c1. The number of benzene rings is 2. The van der Waals surface area contributed by atoms with Crippen LogP contribution < -0.4 is 0 Å². The quantitative estimate of drug-likeness (QED) is 0.866. The molecule has 0 saturated heterocycles. The van der Waals surface area contributed by atoms with Gasteiger partial charge in [-0.2, -0.15) is 0 Å². The molecule has 2 aromatic rings. The monoisotopic (exact) mass is 244 g/mol. The lowest BCUT2D eigenvalue weighted by molar-refractivity contribution is 0.188. The van der Waals surface area contributed by atoms with Gasteiger partial charge in [-0.25, -0.2) is 0 Å². The lowest BCUT2D eigenvalue weighted by Crippen LogP contribution is -2.14. The maximum Gasteiger partial charge on any atom is 0.0662 e. The molecule has 2 atom stereocenters. The lowest BCUT2D eigenvalue weighted by atomic mass is 10.1. The Kier molecular flexibility index (Phi) is 3.08. The first-order valence-electron chi connectivity index (χ1n) is 6.16. The number of aliphatic hydroxyl groups is 1. The van der Waals surface area contributed by atoms with E-state index in [2.05, 4.69) is 42.5 Å². The summed E-state index contributed by atoms with van der Waals surface area (Å²) in [6.45, 7) is 0. The van der Waals surface area contributed by atoms with Crippen molar-refractivity contribution in [1.82, 2.24) is 0 Å². The molecule has 1 N–H and O–H groups in total. The van der Waals surface area contributed by atoms with Crippen molar-refractivity contribution < 1.29 is 5.11 Å². The van der Waals surface area contributed by atoms with E-state index in [1.807, 2.05) is 11.8 Å². The van der Waals surface area contributed by atoms with E-state index in [1.54, 1.807) is 0 Å². The maximum atomic E-state index is 9.84. The molecule has 1 aliphatic rings. The summed E-state index contributed by atoms with van der Waals surface area (Å²) in [7, 11) is 0. The average molecular weight is 244 g/mol. The molecule has 2 aromatic carbocycles. The second-order valence-electron chi connectivity index (χ2n) is 4.66. The average Bonchev–Trinajstić information content (AvgIpc) is 2.75. The Morgan fingerprint density at radius 1 is 1.00 bits per heavy atom. The first kappa shape index (κ1) is 11.1. The first-order chi connectivity index (χ1) is 8.33. The van der Waals surface area contributed by atoms with Crippen LogP contribution in [0.25, 0.3) is 10.8 Å². The third kappa shape index (κ3) is 2.33. The Balaban J connectivity index is 1.85. The fourth-order valence-corrected chi connectivity index (χ4v) is 3.73. The minimum atomic E-state index is -0.119. The summed E-state index contributed by atoms with van der Waals surface area (Å²) in [5.41, 5.74) is 0. The van der Waals surface area contributed by atoms with Crippen LogP contribution in [0.5, 0.6) is 0 Å². The van der Waals surface area contributed by atoms with Gasteiger partial charge in [-0.05, 0) is 42.2 Å². The molecular weight excluding hydrogens is 228 g/mol. The van der Waals surface area contributed by atoms with Crippen molar-refractivity contribution in [1.29, 1.82) is 0 Å². The lowest BCUT2D eigenvalue weighted by Gasteiger charge is -2.14. The molecule has 0 heterocycles.